The van der Waals surface area contributed by atoms with E-state index >= 15 is 0 Å². The molecule has 0 spiro atoms. The number of pyridine rings is 1. The van der Waals surface area contributed by atoms with E-state index in [1.54, 1.807) is 6.92 Å². The van der Waals surface area contributed by atoms with Gasteiger partial charge in [0.05, 0.1) is 23.4 Å². The number of carbonyl (C=O) groups is 1. The molecule has 0 fully saturated rings. The fraction of sp³-hybridized carbons (Fsp3) is 0.389. The van der Waals surface area contributed by atoms with Crippen LogP contribution >= 0.6 is 11.3 Å². The molecule has 1 aliphatic carbocycles. The third-order valence-corrected chi connectivity index (χ3v) is 5.68. The summed E-state index contributed by atoms with van der Waals surface area (Å²) in [7, 11) is 0. The fourth-order valence-corrected chi connectivity index (χ4v) is 4.05. The lowest BCUT2D eigenvalue weighted by molar-refractivity contribution is 0.0959. The van der Waals surface area contributed by atoms with E-state index in [0.29, 0.717) is 27.6 Å². The molecule has 3 rings (SSSR count). The molecule has 7 heteroatoms. The van der Waals surface area contributed by atoms with E-state index in [4.69, 9.17) is 0 Å². The van der Waals surface area contributed by atoms with Gasteiger partial charge in [-0.3, -0.25) is 9.78 Å². The van der Waals surface area contributed by atoms with Crippen LogP contribution in [0, 0.1) is 12.8 Å². The first-order valence-corrected chi connectivity index (χ1v) is 9.04. The van der Waals surface area contributed by atoms with Gasteiger partial charge in [0, 0.05) is 22.2 Å². The number of amides is 1. The van der Waals surface area contributed by atoms with Gasteiger partial charge < -0.3 is 10.2 Å². The van der Waals surface area contributed by atoms with Crippen LogP contribution in [0.2, 0.25) is 0 Å². The number of aromatic nitrogens is 1. The first-order chi connectivity index (χ1) is 12.0. The molecule has 2 aromatic heterocycles. The van der Waals surface area contributed by atoms with E-state index < -0.39 is 0 Å². The second-order valence-corrected chi connectivity index (χ2v) is 7.53. The minimum Gasteiger partial charge on any atom is -0.505 e. The number of hydrogen-bond acceptors (Lipinski definition) is 6. The lowest BCUT2D eigenvalue weighted by atomic mass is 9.90. The molecule has 0 aliphatic heterocycles. The van der Waals surface area contributed by atoms with Crippen molar-refractivity contribution in [2.24, 2.45) is 11.0 Å². The zero-order chi connectivity index (χ0) is 18.0. The number of nitrogens with zero attached hydrogens (tertiary/aromatic N) is 2. The third kappa shape index (κ3) is 3.72. The largest absolute Gasteiger partial charge is 0.505 e. The Morgan fingerprint density at radius 1 is 1.56 bits per heavy atom. The second-order valence-electron chi connectivity index (χ2n) is 6.40. The summed E-state index contributed by atoms with van der Waals surface area (Å²) in [6.45, 7) is 3.61. The maximum atomic E-state index is 12.3. The van der Waals surface area contributed by atoms with E-state index in [1.807, 2.05) is 6.07 Å². The zero-order valence-corrected chi connectivity index (χ0v) is 15.1. The van der Waals surface area contributed by atoms with Gasteiger partial charge in [-0.05, 0) is 43.7 Å². The molecule has 1 amide bonds. The topological polar surface area (TPSA) is 94.8 Å². The predicted octanol–water partition coefficient (Wildman–Crippen LogP) is 2.54. The van der Waals surface area contributed by atoms with Crippen molar-refractivity contribution in [3.8, 4) is 5.75 Å². The van der Waals surface area contributed by atoms with Crippen LogP contribution in [0.4, 0.5) is 0 Å². The van der Waals surface area contributed by atoms with Gasteiger partial charge in [-0.25, -0.2) is 5.43 Å². The van der Waals surface area contributed by atoms with Crippen molar-refractivity contribution >= 4 is 23.5 Å². The number of hydrazone groups is 1. The van der Waals surface area contributed by atoms with Gasteiger partial charge in [0.2, 0.25) is 0 Å². The number of fused-ring (bicyclic) bond motifs is 1. The van der Waals surface area contributed by atoms with Crippen molar-refractivity contribution < 1.29 is 15.0 Å². The smallest absolute Gasteiger partial charge is 0.281 e. The number of aromatic hydroxyl groups is 1. The molecule has 2 heterocycles. The minimum absolute atomic E-state index is 0.0508. The van der Waals surface area contributed by atoms with Crippen LogP contribution in [-0.2, 0) is 19.4 Å². The van der Waals surface area contributed by atoms with Crippen LogP contribution in [-0.4, -0.2) is 27.3 Å². The van der Waals surface area contributed by atoms with E-state index in [2.05, 4.69) is 22.4 Å². The molecule has 0 unspecified atom stereocenters. The van der Waals surface area contributed by atoms with Crippen molar-refractivity contribution in [1.29, 1.82) is 0 Å². The summed E-state index contributed by atoms with van der Waals surface area (Å²) in [4.78, 5) is 18.2. The summed E-state index contributed by atoms with van der Waals surface area (Å²) in [6, 6.07) is 1.95. The Morgan fingerprint density at radius 2 is 2.36 bits per heavy atom. The fourth-order valence-electron chi connectivity index (χ4n) is 2.95. The third-order valence-electron chi connectivity index (χ3n) is 4.44. The highest BCUT2D eigenvalue weighted by Crippen LogP contribution is 2.32. The average Bonchev–Trinajstić information content (AvgIpc) is 3.02. The normalized spacial score (nSPS) is 16.8. The van der Waals surface area contributed by atoms with Gasteiger partial charge in [-0.1, -0.05) is 6.92 Å². The Balaban J connectivity index is 1.73. The number of thiophene rings is 1. The molecule has 0 radical (unpaired) electrons. The van der Waals surface area contributed by atoms with Crippen LogP contribution in [0.25, 0.3) is 0 Å². The standard InChI is InChI=1S/C18H21N3O3S/c1-10-3-4-15-12(5-10)6-16(25-15)18(24)21-20-8-14-13(9-22)7-19-11(2)17(14)23/h6-8,10,22-23H,3-5,9H2,1-2H3,(H,21,24)/t10-/m1/s1. The number of aliphatic hydroxyl groups is 1. The summed E-state index contributed by atoms with van der Waals surface area (Å²) in [5.74, 6) is 0.343. The van der Waals surface area contributed by atoms with E-state index in [1.165, 1.54) is 34.2 Å². The zero-order valence-electron chi connectivity index (χ0n) is 14.2. The molecule has 2 aromatic rings. The molecule has 1 aliphatic rings. The molecule has 25 heavy (non-hydrogen) atoms. The number of rotatable bonds is 4. The lowest BCUT2D eigenvalue weighted by Crippen LogP contribution is -2.16. The highest BCUT2D eigenvalue weighted by atomic mass is 32.1. The predicted molar refractivity (Wildman–Crippen MR) is 97.1 cm³/mol. The Kier molecular flexibility index (Phi) is 5.15. The van der Waals surface area contributed by atoms with Crippen LogP contribution in [0.1, 0.15) is 50.3 Å². The van der Waals surface area contributed by atoms with Crippen LogP contribution in [0.5, 0.6) is 5.75 Å². The number of aryl methyl sites for hydroxylation is 2. The Hall–Kier alpha value is -2.25. The van der Waals surface area contributed by atoms with Gasteiger partial charge >= 0.3 is 0 Å². The lowest BCUT2D eigenvalue weighted by Gasteiger charge is -2.16. The number of hydrogen-bond donors (Lipinski definition) is 3. The first kappa shape index (κ1) is 17.6. The molecule has 0 saturated heterocycles. The van der Waals surface area contributed by atoms with Crippen molar-refractivity contribution in [1.82, 2.24) is 10.4 Å². The molecule has 0 bridgehead atoms. The van der Waals surface area contributed by atoms with Gasteiger partial charge in [-0.2, -0.15) is 5.10 Å². The van der Waals surface area contributed by atoms with E-state index in [0.717, 1.165) is 19.3 Å². The van der Waals surface area contributed by atoms with Gasteiger partial charge in [0.15, 0.2) is 0 Å². The number of carbonyl (C=O) groups excluding carboxylic acids is 1. The molecule has 0 saturated carbocycles. The molecular formula is C18H21N3O3S. The summed E-state index contributed by atoms with van der Waals surface area (Å²) in [5.41, 5.74) is 5.00. The number of aliphatic hydroxyl groups excluding tert-OH is 1. The summed E-state index contributed by atoms with van der Waals surface area (Å²) >= 11 is 1.52. The van der Waals surface area contributed by atoms with Gasteiger partial charge in [-0.15, -0.1) is 11.3 Å². The molecule has 3 N–H and O–H groups in total. The molecular weight excluding hydrogens is 338 g/mol. The monoisotopic (exact) mass is 359 g/mol. The second kappa shape index (κ2) is 7.33. The van der Waals surface area contributed by atoms with Gasteiger partial charge in [0.1, 0.15) is 5.75 Å². The van der Waals surface area contributed by atoms with Crippen LogP contribution < -0.4 is 5.43 Å². The Morgan fingerprint density at radius 3 is 3.12 bits per heavy atom. The highest BCUT2D eigenvalue weighted by molar-refractivity contribution is 7.14. The van der Waals surface area contributed by atoms with E-state index in [9.17, 15) is 15.0 Å². The van der Waals surface area contributed by atoms with E-state index in [-0.39, 0.29) is 18.3 Å². The maximum Gasteiger partial charge on any atom is 0.281 e. The molecule has 0 aromatic carbocycles. The van der Waals surface area contributed by atoms with Crippen molar-refractivity contribution in [3.05, 3.63) is 44.4 Å². The Bertz CT molecular complexity index is 829. The highest BCUT2D eigenvalue weighted by Gasteiger charge is 2.20. The maximum absolute atomic E-state index is 12.3. The summed E-state index contributed by atoms with van der Waals surface area (Å²) < 4.78 is 0. The van der Waals surface area contributed by atoms with Crippen molar-refractivity contribution in [2.45, 2.75) is 39.7 Å². The summed E-state index contributed by atoms with van der Waals surface area (Å²) in [5, 5.41) is 23.3. The minimum atomic E-state index is -0.272. The van der Waals surface area contributed by atoms with Gasteiger partial charge in [0.25, 0.3) is 5.91 Å². The SMILES string of the molecule is Cc1ncc(CO)c(C=NNC(=O)c2cc3c(s2)CC[C@@H](C)C3)c1O. The number of nitrogens with one attached hydrogen (secondary N) is 1. The van der Waals surface area contributed by atoms with Crippen LogP contribution in [0.3, 0.4) is 0 Å². The van der Waals surface area contributed by atoms with Crippen LogP contribution in [0.15, 0.2) is 17.4 Å². The average molecular weight is 359 g/mol. The summed E-state index contributed by atoms with van der Waals surface area (Å²) in [6.07, 6.45) is 6.03. The molecule has 1 atom stereocenters. The first-order valence-electron chi connectivity index (χ1n) is 8.23. The van der Waals surface area contributed by atoms with Crippen molar-refractivity contribution in [2.75, 3.05) is 0 Å². The molecule has 6 nitrogen and oxygen atoms in total. The molecule has 132 valence electrons. The van der Waals surface area contributed by atoms with Crippen molar-refractivity contribution in [3.63, 3.8) is 0 Å². The Labute approximate surface area is 150 Å². The quantitative estimate of drug-likeness (QED) is 0.577.